The van der Waals surface area contributed by atoms with E-state index in [1.807, 2.05) is 12.1 Å². The zero-order valence-corrected chi connectivity index (χ0v) is 17.4. The van der Waals surface area contributed by atoms with Crippen LogP contribution in [0.1, 0.15) is 46.1 Å². The van der Waals surface area contributed by atoms with Gasteiger partial charge in [0, 0.05) is 33.9 Å². The van der Waals surface area contributed by atoms with Gasteiger partial charge in [-0.3, -0.25) is 14.4 Å². The Hall–Kier alpha value is -2.24. The van der Waals surface area contributed by atoms with Crippen molar-refractivity contribution in [3.63, 3.8) is 0 Å². The van der Waals surface area contributed by atoms with Crippen LogP contribution in [0.15, 0.2) is 46.6 Å². The van der Waals surface area contributed by atoms with Crippen molar-refractivity contribution in [2.24, 2.45) is 0 Å². The largest absolute Gasteiger partial charge is 0.380 e. The second kappa shape index (κ2) is 8.84. The molecule has 1 aromatic carbocycles. The first-order valence-electron chi connectivity index (χ1n) is 9.26. The first kappa shape index (κ1) is 22.1. The summed E-state index contributed by atoms with van der Waals surface area (Å²) in [5.41, 5.74) is 1.04. The topological polar surface area (TPSA) is 83.5 Å². The number of halogens is 1. The zero-order chi connectivity index (χ0) is 21.1. The minimum absolute atomic E-state index is 0.0534. The molecule has 1 aliphatic rings. The molecule has 2 N–H and O–H groups in total. The second-order valence-corrected chi connectivity index (χ2v) is 7.85. The van der Waals surface area contributed by atoms with Crippen LogP contribution in [0.2, 0.25) is 5.02 Å². The van der Waals surface area contributed by atoms with E-state index >= 15 is 0 Å². The second-order valence-electron chi connectivity index (χ2n) is 7.42. The van der Waals surface area contributed by atoms with Crippen molar-refractivity contribution in [3.8, 4) is 0 Å². The Morgan fingerprint density at radius 2 is 1.57 bits per heavy atom. The van der Waals surface area contributed by atoms with Gasteiger partial charge in [0.05, 0.1) is 0 Å². The molecule has 0 aliphatic heterocycles. The van der Waals surface area contributed by atoms with Gasteiger partial charge in [0.25, 0.3) is 5.91 Å². The quantitative estimate of drug-likeness (QED) is 0.684. The van der Waals surface area contributed by atoms with Crippen LogP contribution in [-0.4, -0.2) is 34.7 Å². The Labute approximate surface area is 170 Å². The highest BCUT2D eigenvalue weighted by Gasteiger charge is 2.33. The molecule has 0 radical (unpaired) electrons. The van der Waals surface area contributed by atoms with Crippen molar-refractivity contribution in [3.05, 3.63) is 57.1 Å². The molecule has 1 atom stereocenters. The molecule has 0 heterocycles. The molecule has 28 heavy (non-hydrogen) atoms. The minimum atomic E-state index is -1.64. The molecule has 0 bridgehead atoms. The molecule has 0 aromatic heterocycles. The minimum Gasteiger partial charge on any atom is -0.380 e. The smallest absolute Gasteiger partial charge is 0.251 e. The van der Waals surface area contributed by atoms with Crippen molar-refractivity contribution in [1.29, 1.82) is 0 Å². The number of nitrogens with one attached hydrogen (secondary N) is 1. The van der Waals surface area contributed by atoms with Gasteiger partial charge in [-0.2, -0.15) is 0 Å². The number of allylic oxidation sites excluding steroid dienone is 4. The van der Waals surface area contributed by atoms with E-state index < -0.39 is 11.5 Å². The summed E-state index contributed by atoms with van der Waals surface area (Å²) in [5.74, 6) is -0.842. The lowest BCUT2D eigenvalue weighted by atomic mass is 9.82. The third kappa shape index (κ3) is 4.97. The summed E-state index contributed by atoms with van der Waals surface area (Å²) in [6.45, 7) is 6.68. The number of hydrogen-bond acceptors (Lipinski definition) is 4. The van der Waals surface area contributed by atoms with Crippen LogP contribution in [-0.2, 0) is 20.8 Å². The van der Waals surface area contributed by atoms with E-state index in [9.17, 15) is 19.5 Å². The first-order chi connectivity index (χ1) is 13.0. The predicted octanol–water partition coefficient (Wildman–Crippen LogP) is 3.33. The van der Waals surface area contributed by atoms with E-state index in [0.717, 1.165) is 5.56 Å². The van der Waals surface area contributed by atoms with Crippen LogP contribution >= 0.6 is 11.6 Å². The van der Waals surface area contributed by atoms with E-state index in [4.69, 9.17) is 11.6 Å². The van der Waals surface area contributed by atoms with Gasteiger partial charge in [0.2, 0.25) is 0 Å². The lowest BCUT2D eigenvalue weighted by Gasteiger charge is -2.24. The molecule has 1 aliphatic carbocycles. The van der Waals surface area contributed by atoms with Crippen LogP contribution in [0.4, 0.5) is 0 Å². The molecule has 0 fully saturated rings. The number of amides is 1. The number of rotatable bonds is 7. The summed E-state index contributed by atoms with van der Waals surface area (Å²) in [7, 11) is 0. The number of benzene rings is 1. The van der Waals surface area contributed by atoms with Gasteiger partial charge in [0.1, 0.15) is 5.60 Å². The maximum absolute atomic E-state index is 12.5. The van der Waals surface area contributed by atoms with Crippen LogP contribution in [0.3, 0.4) is 0 Å². The average molecular weight is 404 g/mol. The monoisotopic (exact) mass is 403 g/mol. The summed E-state index contributed by atoms with van der Waals surface area (Å²) < 4.78 is 0. The highest BCUT2D eigenvalue weighted by atomic mass is 35.5. The van der Waals surface area contributed by atoms with Crippen LogP contribution in [0.5, 0.6) is 0 Å². The Kier molecular flexibility index (Phi) is 6.96. The predicted molar refractivity (Wildman–Crippen MR) is 109 cm³/mol. The fourth-order valence-electron chi connectivity index (χ4n) is 3.10. The van der Waals surface area contributed by atoms with Crippen molar-refractivity contribution in [2.45, 2.75) is 52.6 Å². The average Bonchev–Trinajstić information content (AvgIpc) is 2.66. The Morgan fingerprint density at radius 3 is 2.18 bits per heavy atom. The third-order valence-electron chi connectivity index (χ3n) is 5.27. The molecule has 1 amide bonds. The summed E-state index contributed by atoms with van der Waals surface area (Å²) in [6, 6.07) is 7.33. The van der Waals surface area contributed by atoms with Crippen molar-refractivity contribution >= 4 is 29.1 Å². The number of aliphatic hydroxyl groups is 1. The van der Waals surface area contributed by atoms with Gasteiger partial charge in [-0.05, 0) is 64.7 Å². The number of ketones is 2. The summed E-state index contributed by atoms with van der Waals surface area (Å²) in [5, 5.41) is 13.9. The molecular formula is C22H26ClNO4. The molecule has 150 valence electrons. The summed E-state index contributed by atoms with van der Waals surface area (Å²) in [4.78, 5) is 37.1. The number of carbonyl (C=O) groups excluding carboxylic acids is 3. The number of carbonyl (C=O) groups is 3. The maximum atomic E-state index is 12.5. The van der Waals surface area contributed by atoms with Gasteiger partial charge in [-0.15, -0.1) is 0 Å². The molecule has 5 nitrogen and oxygen atoms in total. The molecule has 0 saturated heterocycles. The van der Waals surface area contributed by atoms with Crippen LogP contribution < -0.4 is 5.32 Å². The van der Waals surface area contributed by atoms with Crippen molar-refractivity contribution in [1.82, 2.24) is 5.32 Å². The molecule has 1 unspecified atom stereocenters. The number of hydrogen-bond donors (Lipinski definition) is 2. The van der Waals surface area contributed by atoms with Crippen LogP contribution in [0, 0.1) is 0 Å². The molecular weight excluding hydrogens is 378 g/mol. The van der Waals surface area contributed by atoms with E-state index in [-0.39, 0.29) is 24.4 Å². The van der Waals surface area contributed by atoms with Gasteiger partial charge in [-0.1, -0.05) is 23.7 Å². The van der Waals surface area contributed by atoms with Gasteiger partial charge < -0.3 is 10.4 Å². The summed E-state index contributed by atoms with van der Waals surface area (Å²) >= 11 is 5.85. The normalized spacial score (nSPS) is 17.1. The van der Waals surface area contributed by atoms with Gasteiger partial charge >= 0.3 is 0 Å². The lowest BCUT2D eigenvalue weighted by molar-refractivity contribution is -0.138. The first-order valence-corrected chi connectivity index (χ1v) is 9.64. The van der Waals surface area contributed by atoms with E-state index in [1.165, 1.54) is 6.92 Å². The van der Waals surface area contributed by atoms with Crippen molar-refractivity contribution < 1.29 is 19.5 Å². The van der Waals surface area contributed by atoms with Gasteiger partial charge in [-0.25, -0.2) is 0 Å². The molecule has 0 spiro atoms. The third-order valence-corrected chi connectivity index (χ3v) is 5.53. The van der Waals surface area contributed by atoms with Crippen LogP contribution in [0.25, 0.3) is 0 Å². The number of Topliss-reactive ketones (excluding diaryl/α,β-unsaturated/α-hetero) is 2. The highest BCUT2D eigenvalue weighted by molar-refractivity contribution is 6.30. The molecule has 0 saturated carbocycles. The van der Waals surface area contributed by atoms with Gasteiger partial charge in [0.15, 0.2) is 11.6 Å². The Bertz CT molecular complexity index is 863. The van der Waals surface area contributed by atoms with E-state index in [2.05, 4.69) is 5.32 Å². The molecule has 6 heteroatoms. The molecule has 2 rings (SSSR count). The maximum Gasteiger partial charge on any atom is 0.251 e. The lowest BCUT2D eigenvalue weighted by Crippen LogP contribution is -2.45. The Balaban J connectivity index is 1.93. The fourth-order valence-corrected chi connectivity index (χ4v) is 3.23. The van der Waals surface area contributed by atoms with E-state index in [1.54, 1.807) is 32.9 Å². The SMILES string of the molecule is CC1=C(C)C(=O)C(CCC(C)(O)C(=O)NCCc2ccc(Cl)cc2)=C(C)C1=O. The fraction of sp³-hybridized carbons (Fsp3) is 0.409. The Morgan fingerprint density at radius 1 is 1.00 bits per heavy atom. The van der Waals surface area contributed by atoms with E-state index in [0.29, 0.717) is 40.3 Å². The molecule has 1 aromatic rings. The highest BCUT2D eigenvalue weighted by Crippen LogP contribution is 2.29. The summed E-state index contributed by atoms with van der Waals surface area (Å²) in [6.07, 6.45) is 0.829. The zero-order valence-electron chi connectivity index (χ0n) is 16.7. The standard InChI is InChI=1S/C22H26ClNO4/c1-13-14(2)20(26)18(15(3)19(13)25)9-11-22(4,28)21(27)24-12-10-16-5-7-17(23)8-6-16/h5-8,28H,9-12H2,1-4H3,(H,24,27). The van der Waals surface area contributed by atoms with Crippen molar-refractivity contribution in [2.75, 3.05) is 6.54 Å².